The fourth-order valence-electron chi connectivity index (χ4n) is 2.03. The number of halogens is 1. The van der Waals surface area contributed by atoms with Crippen molar-refractivity contribution in [3.8, 4) is 0 Å². The Hall–Kier alpha value is -0.810. The van der Waals surface area contributed by atoms with Gasteiger partial charge in [-0.15, -0.1) is 12.4 Å². The van der Waals surface area contributed by atoms with Gasteiger partial charge in [-0.25, -0.2) is 0 Å². The summed E-state index contributed by atoms with van der Waals surface area (Å²) >= 11 is 0. The molecule has 1 fully saturated rings. The Bertz CT molecular complexity index is 316. The molecule has 2 N–H and O–H groups in total. The molecule has 0 aromatic rings. The number of carbonyl (C=O) groups is 2. The van der Waals surface area contributed by atoms with Crippen molar-refractivity contribution in [2.75, 3.05) is 26.2 Å². The Kier molecular flexibility index (Phi) is 7.37. The third-order valence-electron chi connectivity index (χ3n) is 2.95. The second-order valence-corrected chi connectivity index (χ2v) is 6.15. The normalized spacial score (nSPS) is 19.6. The van der Waals surface area contributed by atoms with E-state index in [4.69, 9.17) is 0 Å². The summed E-state index contributed by atoms with van der Waals surface area (Å²) in [5, 5.41) is 5.94. The molecule has 1 aliphatic heterocycles. The van der Waals surface area contributed by atoms with E-state index in [1.807, 2.05) is 32.6 Å². The van der Waals surface area contributed by atoms with Crippen LogP contribution in [0.2, 0.25) is 0 Å². The van der Waals surface area contributed by atoms with Gasteiger partial charge < -0.3 is 15.5 Å². The van der Waals surface area contributed by atoms with Crippen molar-refractivity contribution in [2.45, 2.75) is 40.2 Å². The maximum Gasteiger partial charge on any atom is 0.242 e. The molecule has 2 amide bonds. The molecular weight excluding hydrogens is 266 g/mol. The van der Waals surface area contributed by atoms with Crippen molar-refractivity contribution >= 4 is 24.2 Å². The lowest BCUT2D eigenvalue weighted by molar-refractivity contribution is -0.135. The van der Waals surface area contributed by atoms with Gasteiger partial charge in [0.25, 0.3) is 0 Å². The molecule has 0 radical (unpaired) electrons. The highest BCUT2D eigenvalue weighted by Crippen LogP contribution is 2.17. The lowest BCUT2D eigenvalue weighted by atomic mass is 9.92. The average Bonchev–Trinajstić information content (AvgIpc) is 2.24. The molecule has 5 nitrogen and oxygen atoms in total. The zero-order valence-electron chi connectivity index (χ0n) is 12.3. The highest BCUT2D eigenvalue weighted by atomic mass is 35.5. The molecular formula is C13H26ClN3O2. The smallest absolute Gasteiger partial charge is 0.242 e. The summed E-state index contributed by atoms with van der Waals surface area (Å²) in [5.74, 6) is -0.0510. The first-order chi connectivity index (χ1) is 8.29. The van der Waals surface area contributed by atoms with Gasteiger partial charge in [0, 0.05) is 32.1 Å². The third-order valence-corrected chi connectivity index (χ3v) is 2.95. The molecule has 1 saturated heterocycles. The van der Waals surface area contributed by atoms with Gasteiger partial charge >= 0.3 is 0 Å². The maximum absolute atomic E-state index is 12.0. The van der Waals surface area contributed by atoms with Crippen molar-refractivity contribution in [3.05, 3.63) is 0 Å². The molecule has 0 aromatic carbocycles. The fourth-order valence-corrected chi connectivity index (χ4v) is 2.03. The topological polar surface area (TPSA) is 61.4 Å². The standard InChI is InChI=1S/C13H25N3O2.ClH/c1-10-8-14-5-6-16(10)12(18)9-15-11(17)7-13(2,3)4;/h10,14H,5-9H2,1-4H3,(H,15,17);1H. The Morgan fingerprint density at radius 3 is 2.53 bits per heavy atom. The monoisotopic (exact) mass is 291 g/mol. The Morgan fingerprint density at radius 2 is 2.00 bits per heavy atom. The Morgan fingerprint density at radius 1 is 1.37 bits per heavy atom. The molecule has 0 aromatic heterocycles. The van der Waals surface area contributed by atoms with E-state index < -0.39 is 0 Å². The quantitative estimate of drug-likeness (QED) is 0.808. The molecule has 0 aliphatic carbocycles. The summed E-state index contributed by atoms with van der Waals surface area (Å²) in [6.45, 7) is 10.5. The van der Waals surface area contributed by atoms with Crippen LogP contribution < -0.4 is 10.6 Å². The number of hydrogen-bond acceptors (Lipinski definition) is 3. The van der Waals surface area contributed by atoms with Gasteiger partial charge in [0.2, 0.25) is 11.8 Å². The number of piperazine rings is 1. The minimum absolute atomic E-state index is 0. The van der Waals surface area contributed by atoms with Crippen LogP contribution in [0.4, 0.5) is 0 Å². The van der Waals surface area contributed by atoms with E-state index in [0.29, 0.717) is 6.42 Å². The predicted molar refractivity (Wildman–Crippen MR) is 78.4 cm³/mol. The average molecular weight is 292 g/mol. The lowest BCUT2D eigenvalue weighted by Crippen LogP contribution is -2.54. The molecule has 0 bridgehead atoms. The SMILES string of the molecule is CC1CNCCN1C(=O)CNC(=O)CC(C)(C)C.Cl. The fraction of sp³-hybridized carbons (Fsp3) is 0.846. The highest BCUT2D eigenvalue weighted by molar-refractivity contribution is 5.85. The first-order valence-electron chi connectivity index (χ1n) is 6.56. The molecule has 1 unspecified atom stereocenters. The minimum atomic E-state index is -0.0568. The second-order valence-electron chi connectivity index (χ2n) is 6.15. The van der Waals surface area contributed by atoms with Crippen molar-refractivity contribution in [1.82, 2.24) is 15.5 Å². The third kappa shape index (κ3) is 6.78. The van der Waals surface area contributed by atoms with Crippen LogP contribution in [-0.2, 0) is 9.59 Å². The summed E-state index contributed by atoms with van der Waals surface area (Å²) in [6.07, 6.45) is 0.442. The van der Waals surface area contributed by atoms with Crippen LogP contribution >= 0.6 is 12.4 Å². The zero-order valence-corrected chi connectivity index (χ0v) is 13.1. The van der Waals surface area contributed by atoms with E-state index in [2.05, 4.69) is 10.6 Å². The second kappa shape index (κ2) is 7.70. The van der Waals surface area contributed by atoms with Gasteiger partial charge in [-0.2, -0.15) is 0 Å². The number of nitrogens with zero attached hydrogens (tertiary/aromatic N) is 1. The molecule has 0 saturated carbocycles. The van der Waals surface area contributed by atoms with Gasteiger partial charge in [-0.05, 0) is 12.3 Å². The van der Waals surface area contributed by atoms with Crippen molar-refractivity contribution in [3.63, 3.8) is 0 Å². The van der Waals surface area contributed by atoms with E-state index in [-0.39, 0.29) is 42.2 Å². The number of nitrogens with one attached hydrogen (secondary N) is 2. The summed E-state index contributed by atoms with van der Waals surface area (Å²) in [6, 6.07) is 0.200. The van der Waals surface area contributed by atoms with Gasteiger partial charge in [-0.1, -0.05) is 20.8 Å². The largest absolute Gasteiger partial charge is 0.347 e. The van der Waals surface area contributed by atoms with Crippen LogP contribution in [0, 0.1) is 5.41 Å². The van der Waals surface area contributed by atoms with Crippen LogP contribution in [-0.4, -0.2) is 48.9 Å². The molecule has 1 rings (SSSR count). The van der Waals surface area contributed by atoms with Crippen LogP contribution in [0.3, 0.4) is 0 Å². The summed E-state index contributed by atoms with van der Waals surface area (Å²) < 4.78 is 0. The minimum Gasteiger partial charge on any atom is -0.347 e. The Labute approximate surface area is 121 Å². The molecule has 0 spiro atoms. The molecule has 1 aliphatic rings. The van der Waals surface area contributed by atoms with E-state index in [1.165, 1.54) is 0 Å². The molecule has 19 heavy (non-hydrogen) atoms. The first-order valence-corrected chi connectivity index (χ1v) is 6.56. The van der Waals surface area contributed by atoms with Gasteiger partial charge in [-0.3, -0.25) is 9.59 Å². The first kappa shape index (κ1) is 18.2. The Balaban J connectivity index is 0.00000324. The van der Waals surface area contributed by atoms with E-state index in [0.717, 1.165) is 19.6 Å². The molecule has 112 valence electrons. The van der Waals surface area contributed by atoms with E-state index in [1.54, 1.807) is 0 Å². The molecule has 1 atom stereocenters. The van der Waals surface area contributed by atoms with Crippen LogP contribution in [0.15, 0.2) is 0 Å². The van der Waals surface area contributed by atoms with Gasteiger partial charge in [0.15, 0.2) is 0 Å². The van der Waals surface area contributed by atoms with Crippen LogP contribution in [0.5, 0.6) is 0 Å². The summed E-state index contributed by atoms with van der Waals surface area (Å²) in [4.78, 5) is 25.4. The van der Waals surface area contributed by atoms with Gasteiger partial charge in [0.05, 0.1) is 6.54 Å². The molecule has 1 heterocycles. The lowest BCUT2D eigenvalue weighted by Gasteiger charge is -2.34. The number of carbonyl (C=O) groups excluding carboxylic acids is 2. The number of hydrogen-bond donors (Lipinski definition) is 2. The van der Waals surface area contributed by atoms with Crippen molar-refractivity contribution in [2.24, 2.45) is 5.41 Å². The van der Waals surface area contributed by atoms with Crippen LogP contribution in [0.25, 0.3) is 0 Å². The van der Waals surface area contributed by atoms with E-state index in [9.17, 15) is 9.59 Å². The van der Waals surface area contributed by atoms with Crippen molar-refractivity contribution < 1.29 is 9.59 Å². The zero-order chi connectivity index (χ0) is 13.8. The van der Waals surface area contributed by atoms with Crippen molar-refractivity contribution in [1.29, 1.82) is 0 Å². The highest BCUT2D eigenvalue weighted by Gasteiger charge is 2.23. The number of rotatable bonds is 3. The summed E-state index contributed by atoms with van der Waals surface area (Å²) in [5.41, 5.74) is -0.0462. The molecule has 6 heteroatoms. The van der Waals surface area contributed by atoms with Gasteiger partial charge in [0.1, 0.15) is 0 Å². The summed E-state index contributed by atoms with van der Waals surface area (Å²) in [7, 11) is 0. The predicted octanol–water partition coefficient (Wildman–Crippen LogP) is 0.781. The van der Waals surface area contributed by atoms with Crippen LogP contribution in [0.1, 0.15) is 34.1 Å². The number of amides is 2. The van der Waals surface area contributed by atoms with E-state index >= 15 is 0 Å². The maximum atomic E-state index is 12.0.